The lowest BCUT2D eigenvalue weighted by molar-refractivity contribution is -0.00387. The summed E-state index contributed by atoms with van der Waals surface area (Å²) in [5, 5.41) is 0. The van der Waals surface area contributed by atoms with Gasteiger partial charge >= 0.3 is 0 Å². The molecule has 1 aromatic rings. The Bertz CT molecular complexity index is 391. The lowest BCUT2D eigenvalue weighted by Gasteiger charge is -2.36. The van der Waals surface area contributed by atoms with E-state index >= 15 is 0 Å². The molecule has 2 heterocycles. The molecule has 1 aliphatic rings. The number of ether oxygens (including phenoxy) is 2. The first-order valence-corrected chi connectivity index (χ1v) is 6.68. The van der Waals surface area contributed by atoms with E-state index in [0.29, 0.717) is 30.9 Å². The summed E-state index contributed by atoms with van der Waals surface area (Å²) in [4.78, 5) is 10.8. The Kier molecular flexibility index (Phi) is 4.60. The highest BCUT2D eigenvalue weighted by atomic mass is 35.5. The molecule has 0 aromatic carbocycles. The highest BCUT2D eigenvalue weighted by molar-refractivity contribution is 6.18. The molecule has 6 heteroatoms. The zero-order valence-corrected chi connectivity index (χ0v) is 11.4. The van der Waals surface area contributed by atoms with Crippen molar-refractivity contribution >= 4 is 17.5 Å². The van der Waals surface area contributed by atoms with E-state index in [-0.39, 0.29) is 12.2 Å². The fourth-order valence-electron chi connectivity index (χ4n) is 2.01. The molecule has 1 aromatic heterocycles. The first kappa shape index (κ1) is 13.4. The van der Waals surface area contributed by atoms with Crippen LogP contribution in [0.3, 0.4) is 0 Å². The topological polar surface area (TPSA) is 47.5 Å². The Hall–Kier alpha value is -1.07. The highest BCUT2D eigenvalue weighted by Crippen LogP contribution is 2.19. The van der Waals surface area contributed by atoms with E-state index < -0.39 is 0 Å². The maximum Gasteiger partial charge on any atom is 0.228 e. The predicted molar refractivity (Wildman–Crippen MR) is 70.5 cm³/mol. The third kappa shape index (κ3) is 3.23. The van der Waals surface area contributed by atoms with Gasteiger partial charge in [0.25, 0.3) is 0 Å². The largest absolute Gasteiger partial charge is 0.478 e. The quantitative estimate of drug-likeness (QED) is 0.780. The first-order chi connectivity index (χ1) is 8.72. The number of nitrogens with zero attached hydrogens (tertiary/aromatic N) is 3. The normalized spacial score (nSPS) is 24.1. The highest BCUT2D eigenvalue weighted by Gasteiger charge is 2.26. The average molecular weight is 272 g/mol. The Balaban J connectivity index is 2.11. The van der Waals surface area contributed by atoms with Gasteiger partial charge in [0, 0.05) is 25.4 Å². The van der Waals surface area contributed by atoms with Crippen LogP contribution in [0.5, 0.6) is 5.88 Å². The summed E-state index contributed by atoms with van der Waals surface area (Å²) in [6, 6.07) is 1.76. The molecule has 0 aliphatic carbocycles. The molecule has 1 saturated heterocycles. The average Bonchev–Trinajstić information content (AvgIpc) is 2.39. The van der Waals surface area contributed by atoms with E-state index in [2.05, 4.69) is 14.9 Å². The van der Waals surface area contributed by atoms with Gasteiger partial charge in [-0.3, -0.25) is 0 Å². The number of anilines is 1. The van der Waals surface area contributed by atoms with Gasteiger partial charge in [0.2, 0.25) is 11.8 Å². The standard InChI is InChI=1S/C12H18ClN3O2/c1-3-17-11-4-5-14-12(15-11)16-7-9(2)18-10(6-13)8-16/h4-5,9-10H,3,6-8H2,1-2H3. The van der Waals surface area contributed by atoms with Crippen molar-refractivity contribution in [2.75, 3.05) is 30.5 Å². The Labute approximate surface area is 112 Å². The minimum Gasteiger partial charge on any atom is -0.478 e. The fourth-order valence-corrected chi connectivity index (χ4v) is 2.18. The van der Waals surface area contributed by atoms with Crippen LogP contribution in [-0.2, 0) is 4.74 Å². The van der Waals surface area contributed by atoms with Crippen LogP contribution in [-0.4, -0.2) is 47.8 Å². The Morgan fingerprint density at radius 1 is 1.56 bits per heavy atom. The third-order valence-corrected chi connectivity index (χ3v) is 3.03. The summed E-state index contributed by atoms with van der Waals surface area (Å²) in [5.41, 5.74) is 0. The second-order valence-corrected chi connectivity index (χ2v) is 4.56. The number of hydrogen-bond donors (Lipinski definition) is 0. The number of morpholine rings is 1. The molecule has 0 bridgehead atoms. The van der Waals surface area contributed by atoms with Crippen molar-refractivity contribution in [3.63, 3.8) is 0 Å². The Morgan fingerprint density at radius 3 is 3.11 bits per heavy atom. The van der Waals surface area contributed by atoms with Gasteiger partial charge in [-0.05, 0) is 13.8 Å². The van der Waals surface area contributed by atoms with Gasteiger partial charge in [-0.1, -0.05) is 0 Å². The predicted octanol–water partition coefficient (Wildman–Crippen LogP) is 1.71. The molecule has 0 amide bonds. The molecule has 1 aliphatic heterocycles. The van der Waals surface area contributed by atoms with Crippen LogP contribution in [0.1, 0.15) is 13.8 Å². The van der Waals surface area contributed by atoms with Crippen molar-refractivity contribution < 1.29 is 9.47 Å². The van der Waals surface area contributed by atoms with Gasteiger partial charge in [-0.25, -0.2) is 4.98 Å². The van der Waals surface area contributed by atoms with Gasteiger partial charge < -0.3 is 14.4 Å². The summed E-state index contributed by atoms with van der Waals surface area (Å²) in [6.45, 7) is 6.03. The van der Waals surface area contributed by atoms with Gasteiger partial charge in [0.1, 0.15) is 0 Å². The third-order valence-electron chi connectivity index (χ3n) is 2.69. The van der Waals surface area contributed by atoms with E-state index in [1.807, 2.05) is 13.8 Å². The van der Waals surface area contributed by atoms with Crippen LogP contribution in [0, 0.1) is 0 Å². The van der Waals surface area contributed by atoms with Crippen LogP contribution in [0.25, 0.3) is 0 Å². The second-order valence-electron chi connectivity index (χ2n) is 4.26. The van der Waals surface area contributed by atoms with Crippen molar-refractivity contribution in [3.8, 4) is 5.88 Å². The minimum absolute atomic E-state index is 0.0229. The molecular formula is C12H18ClN3O2. The molecule has 0 radical (unpaired) electrons. The summed E-state index contributed by atoms with van der Waals surface area (Å²) < 4.78 is 11.1. The lowest BCUT2D eigenvalue weighted by atomic mass is 10.2. The van der Waals surface area contributed by atoms with Crippen LogP contribution in [0.15, 0.2) is 12.3 Å². The maximum atomic E-state index is 5.86. The smallest absolute Gasteiger partial charge is 0.228 e. The van der Waals surface area contributed by atoms with Gasteiger partial charge in [0.15, 0.2) is 0 Å². The summed E-state index contributed by atoms with van der Waals surface area (Å²) in [7, 11) is 0. The first-order valence-electron chi connectivity index (χ1n) is 6.15. The molecule has 2 atom stereocenters. The second kappa shape index (κ2) is 6.20. The zero-order chi connectivity index (χ0) is 13.0. The van der Waals surface area contributed by atoms with E-state index in [1.165, 1.54) is 0 Å². The zero-order valence-electron chi connectivity index (χ0n) is 10.7. The van der Waals surface area contributed by atoms with Gasteiger partial charge in [-0.2, -0.15) is 4.98 Å². The molecule has 18 heavy (non-hydrogen) atoms. The van der Waals surface area contributed by atoms with Crippen molar-refractivity contribution in [2.45, 2.75) is 26.1 Å². The minimum atomic E-state index is 0.0229. The molecular weight excluding hydrogens is 254 g/mol. The Morgan fingerprint density at radius 2 is 2.39 bits per heavy atom. The van der Waals surface area contributed by atoms with Crippen molar-refractivity contribution in [3.05, 3.63) is 12.3 Å². The van der Waals surface area contributed by atoms with E-state index in [0.717, 1.165) is 6.54 Å². The molecule has 5 nitrogen and oxygen atoms in total. The summed E-state index contributed by atoms with van der Waals surface area (Å²) in [5.74, 6) is 1.75. The van der Waals surface area contributed by atoms with Crippen LogP contribution >= 0.6 is 11.6 Å². The van der Waals surface area contributed by atoms with E-state index in [9.17, 15) is 0 Å². The molecule has 0 N–H and O–H groups in total. The number of halogens is 1. The maximum absolute atomic E-state index is 5.86. The molecule has 2 rings (SSSR count). The number of hydrogen-bond acceptors (Lipinski definition) is 5. The van der Waals surface area contributed by atoms with E-state index in [4.69, 9.17) is 21.1 Å². The summed E-state index contributed by atoms with van der Waals surface area (Å²) >= 11 is 5.86. The molecule has 2 unspecified atom stereocenters. The van der Waals surface area contributed by atoms with Crippen molar-refractivity contribution in [1.29, 1.82) is 0 Å². The molecule has 0 saturated carbocycles. The van der Waals surface area contributed by atoms with Crippen LogP contribution < -0.4 is 9.64 Å². The number of aromatic nitrogens is 2. The van der Waals surface area contributed by atoms with Crippen molar-refractivity contribution in [2.24, 2.45) is 0 Å². The molecule has 1 fully saturated rings. The lowest BCUT2D eigenvalue weighted by Crippen LogP contribution is -2.48. The number of alkyl halides is 1. The van der Waals surface area contributed by atoms with Gasteiger partial charge in [-0.15, -0.1) is 11.6 Å². The SMILES string of the molecule is CCOc1ccnc(N2CC(C)OC(CCl)C2)n1. The van der Waals surface area contributed by atoms with E-state index in [1.54, 1.807) is 12.3 Å². The monoisotopic (exact) mass is 271 g/mol. The summed E-state index contributed by atoms with van der Waals surface area (Å²) in [6.07, 6.45) is 1.86. The molecule has 100 valence electrons. The van der Waals surface area contributed by atoms with Crippen LogP contribution in [0.2, 0.25) is 0 Å². The van der Waals surface area contributed by atoms with Crippen LogP contribution in [0.4, 0.5) is 5.95 Å². The van der Waals surface area contributed by atoms with Crippen molar-refractivity contribution in [1.82, 2.24) is 9.97 Å². The number of rotatable bonds is 4. The van der Waals surface area contributed by atoms with Gasteiger partial charge in [0.05, 0.1) is 24.7 Å². The molecule has 0 spiro atoms. The fraction of sp³-hybridized carbons (Fsp3) is 0.667.